The van der Waals surface area contributed by atoms with Gasteiger partial charge >= 0.3 is 5.97 Å². The van der Waals surface area contributed by atoms with Crippen LogP contribution in [0.2, 0.25) is 0 Å². The lowest BCUT2D eigenvalue weighted by Gasteiger charge is -2.15. The van der Waals surface area contributed by atoms with Crippen LogP contribution in [0.15, 0.2) is 29.9 Å². The van der Waals surface area contributed by atoms with Crippen LogP contribution >= 0.6 is 11.3 Å². The van der Waals surface area contributed by atoms with Crippen LogP contribution in [0.5, 0.6) is 0 Å². The number of aromatic nitrogens is 2. The smallest absolute Gasteiger partial charge is 0.326 e. The Hall–Kier alpha value is -3.00. The van der Waals surface area contributed by atoms with Gasteiger partial charge in [0.2, 0.25) is 5.91 Å². The van der Waals surface area contributed by atoms with Gasteiger partial charge in [0.15, 0.2) is 0 Å². The van der Waals surface area contributed by atoms with E-state index in [0.29, 0.717) is 5.82 Å². The maximum atomic E-state index is 11.6. The lowest BCUT2D eigenvalue weighted by atomic mass is 10.0. The molecule has 2 heterocycles. The third-order valence-corrected chi connectivity index (χ3v) is 5.36. The molecule has 3 aromatic rings. The predicted octanol–water partition coefficient (Wildman–Crippen LogP) is 3.11. The molecule has 0 saturated carbocycles. The molecule has 0 fully saturated rings. The Morgan fingerprint density at radius 2 is 2.04 bits per heavy atom. The van der Waals surface area contributed by atoms with Crippen molar-refractivity contribution >= 4 is 39.2 Å². The second-order valence-corrected chi connectivity index (χ2v) is 7.25. The molecule has 1 atom stereocenters. The summed E-state index contributed by atoms with van der Waals surface area (Å²) in [5.41, 5.74) is 9.48. The number of aryl methyl sites for hydroxylation is 2. The maximum absolute atomic E-state index is 11.6. The van der Waals surface area contributed by atoms with Gasteiger partial charge in [0, 0.05) is 17.4 Å². The number of nitrogens with one attached hydrogen (secondary N) is 1. The van der Waals surface area contributed by atoms with Gasteiger partial charge in [-0.3, -0.25) is 4.79 Å². The molecule has 1 amide bonds. The second-order valence-electron chi connectivity index (χ2n) is 6.39. The Balaban J connectivity index is 2.03. The molecule has 1 unspecified atom stereocenters. The topological polar surface area (TPSA) is 118 Å². The Kier molecular flexibility index (Phi) is 5.36. The van der Waals surface area contributed by atoms with E-state index in [-0.39, 0.29) is 12.8 Å². The molecular weight excluding hydrogens is 364 g/mol. The van der Waals surface area contributed by atoms with E-state index >= 15 is 0 Å². The molecule has 1 aromatic carbocycles. The third kappa shape index (κ3) is 4.06. The molecule has 0 aliphatic heterocycles. The zero-order chi connectivity index (χ0) is 19.6. The molecule has 140 valence electrons. The van der Waals surface area contributed by atoms with Gasteiger partial charge in [-0.05, 0) is 37.0 Å². The number of carboxylic acids is 1. The van der Waals surface area contributed by atoms with Crippen LogP contribution in [-0.2, 0) is 9.59 Å². The second kappa shape index (κ2) is 7.71. The number of anilines is 1. The number of hydrogen-bond acceptors (Lipinski definition) is 6. The zero-order valence-electron chi connectivity index (χ0n) is 15.0. The van der Waals surface area contributed by atoms with Crippen LogP contribution < -0.4 is 11.1 Å². The number of carbonyl (C=O) groups excluding carboxylic acids is 1. The average Bonchev–Trinajstić information content (AvgIpc) is 3.05. The van der Waals surface area contributed by atoms with Crippen molar-refractivity contribution in [1.29, 1.82) is 0 Å². The molecule has 0 aliphatic carbocycles. The van der Waals surface area contributed by atoms with Gasteiger partial charge in [0.1, 0.15) is 23.0 Å². The molecular formula is C19H20N4O3S. The monoisotopic (exact) mass is 384 g/mol. The van der Waals surface area contributed by atoms with Crippen LogP contribution in [0.1, 0.15) is 24.0 Å². The molecule has 0 aliphatic rings. The van der Waals surface area contributed by atoms with E-state index in [1.807, 2.05) is 18.4 Å². The first-order chi connectivity index (χ1) is 12.9. The summed E-state index contributed by atoms with van der Waals surface area (Å²) in [5.74, 6) is -1.17. The molecule has 7 nitrogen and oxygen atoms in total. The van der Waals surface area contributed by atoms with Crippen LogP contribution in [0.3, 0.4) is 0 Å². The Morgan fingerprint density at radius 3 is 2.70 bits per heavy atom. The lowest BCUT2D eigenvalue weighted by molar-refractivity contribution is -0.138. The first kappa shape index (κ1) is 18.8. The Labute approximate surface area is 160 Å². The highest BCUT2D eigenvalue weighted by atomic mass is 32.1. The molecule has 8 heteroatoms. The van der Waals surface area contributed by atoms with Gasteiger partial charge in [-0.2, -0.15) is 0 Å². The summed E-state index contributed by atoms with van der Waals surface area (Å²) < 4.78 is 0. The number of carbonyl (C=O) groups is 2. The van der Waals surface area contributed by atoms with Crippen LogP contribution in [0.4, 0.5) is 5.82 Å². The van der Waals surface area contributed by atoms with E-state index in [0.717, 1.165) is 21.3 Å². The van der Waals surface area contributed by atoms with E-state index in [4.69, 9.17) is 5.73 Å². The number of nitrogens with zero attached hydrogens (tertiary/aromatic N) is 2. The number of aliphatic carboxylic acids is 1. The first-order valence-electron chi connectivity index (χ1n) is 8.44. The van der Waals surface area contributed by atoms with Crippen molar-refractivity contribution in [2.45, 2.75) is 32.7 Å². The number of carboxylic acid groups (broad SMARTS) is 1. The number of thiophene rings is 1. The number of hydrogen-bond donors (Lipinski definition) is 3. The lowest BCUT2D eigenvalue weighted by Crippen LogP contribution is -2.31. The number of nitrogens with two attached hydrogens (primary N) is 1. The summed E-state index contributed by atoms with van der Waals surface area (Å²) in [6, 6.07) is 5.21. The fourth-order valence-electron chi connectivity index (χ4n) is 2.81. The van der Waals surface area contributed by atoms with Gasteiger partial charge in [0.05, 0.1) is 5.39 Å². The fourth-order valence-corrected chi connectivity index (χ4v) is 3.73. The highest BCUT2D eigenvalue weighted by Gasteiger charge is 2.21. The molecule has 3 rings (SSSR count). The van der Waals surface area contributed by atoms with E-state index in [2.05, 4.69) is 34.3 Å². The van der Waals surface area contributed by atoms with Gasteiger partial charge in [-0.25, -0.2) is 14.8 Å². The van der Waals surface area contributed by atoms with E-state index in [1.165, 1.54) is 28.8 Å². The number of rotatable bonds is 7. The van der Waals surface area contributed by atoms with Crippen molar-refractivity contribution < 1.29 is 14.7 Å². The Bertz CT molecular complexity index is 1020. The Morgan fingerprint density at radius 1 is 1.26 bits per heavy atom. The highest BCUT2D eigenvalue weighted by Crippen LogP contribution is 2.37. The van der Waals surface area contributed by atoms with Crippen molar-refractivity contribution in [3.63, 3.8) is 0 Å². The minimum atomic E-state index is -1.06. The number of benzene rings is 1. The molecule has 2 aromatic heterocycles. The fraction of sp³-hybridized carbons (Fsp3) is 0.263. The van der Waals surface area contributed by atoms with Gasteiger partial charge in [-0.15, -0.1) is 11.3 Å². The molecule has 0 saturated heterocycles. The van der Waals surface area contributed by atoms with Gasteiger partial charge < -0.3 is 16.2 Å². The van der Waals surface area contributed by atoms with Crippen LogP contribution in [0.25, 0.3) is 21.3 Å². The summed E-state index contributed by atoms with van der Waals surface area (Å²) >= 11 is 1.47. The van der Waals surface area contributed by atoms with Gasteiger partial charge in [-0.1, -0.05) is 18.2 Å². The van der Waals surface area contributed by atoms with Crippen molar-refractivity contribution in [1.82, 2.24) is 9.97 Å². The quantitative estimate of drug-likeness (QED) is 0.576. The van der Waals surface area contributed by atoms with E-state index < -0.39 is 17.9 Å². The summed E-state index contributed by atoms with van der Waals surface area (Å²) in [4.78, 5) is 31.9. The summed E-state index contributed by atoms with van der Waals surface area (Å²) in [5, 5.41) is 15.2. The van der Waals surface area contributed by atoms with Crippen molar-refractivity contribution in [2.24, 2.45) is 5.73 Å². The minimum Gasteiger partial charge on any atom is -0.480 e. The maximum Gasteiger partial charge on any atom is 0.326 e. The average molecular weight is 384 g/mol. The summed E-state index contributed by atoms with van der Waals surface area (Å²) in [7, 11) is 0. The van der Waals surface area contributed by atoms with Gasteiger partial charge in [0.25, 0.3) is 0 Å². The normalized spacial score (nSPS) is 12.1. The molecule has 0 radical (unpaired) electrons. The SMILES string of the molecule is Cc1ccc(-c2csc3ncnc(NC(CCC(N)=O)C(=O)O)c23)cc1C. The van der Waals surface area contributed by atoms with Crippen molar-refractivity contribution in [3.8, 4) is 11.1 Å². The third-order valence-electron chi connectivity index (χ3n) is 4.48. The molecule has 0 spiro atoms. The number of amides is 1. The van der Waals surface area contributed by atoms with Crippen molar-refractivity contribution in [3.05, 3.63) is 41.0 Å². The van der Waals surface area contributed by atoms with E-state index in [9.17, 15) is 14.7 Å². The highest BCUT2D eigenvalue weighted by molar-refractivity contribution is 7.17. The standard InChI is InChI=1S/C19H20N4O3S/c1-10-3-4-12(7-11(10)2)13-8-27-18-16(13)17(21-9-22-18)23-14(19(25)26)5-6-15(20)24/h3-4,7-9,14H,5-6H2,1-2H3,(H2,20,24)(H,25,26)(H,21,22,23). The van der Waals surface area contributed by atoms with E-state index in [1.54, 1.807) is 0 Å². The summed E-state index contributed by atoms with van der Waals surface area (Å²) in [6.07, 6.45) is 1.46. The summed E-state index contributed by atoms with van der Waals surface area (Å²) in [6.45, 7) is 4.10. The first-order valence-corrected chi connectivity index (χ1v) is 9.32. The molecule has 4 N–H and O–H groups in total. The molecule has 0 bridgehead atoms. The number of primary amides is 1. The largest absolute Gasteiger partial charge is 0.480 e. The zero-order valence-corrected chi connectivity index (χ0v) is 15.8. The van der Waals surface area contributed by atoms with Crippen LogP contribution in [0, 0.1) is 13.8 Å². The predicted molar refractivity (Wildman–Crippen MR) is 106 cm³/mol. The van der Waals surface area contributed by atoms with Crippen LogP contribution in [-0.4, -0.2) is 33.0 Å². The number of fused-ring (bicyclic) bond motifs is 1. The molecule has 27 heavy (non-hydrogen) atoms. The van der Waals surface area contributed by atoms with Crippen molar-refractivity contribution in [2.75, 3.05) is 5.32 Å². The minimum absolute atomic E-state index is 0.0220.